The van der Waals surface area contributed by atoms with Crippen LogP contribution in [0.5, 0.6) is 0 Å². The van der Waals surface area contributed by atoms with Crippen molar-refractivity contribution in [2.24, 2.45) is 0 Å². The molecule has 7 aromatic rings. The lowest BCUT2D eigenvalue weighted by Gasteiger charge is -2.46. The minimum absolute atomic E-state index is 0.00283. The maximum absolute atomic E-state index is 2.72. The zero-order valence-electron chi connectivity index (χ0n) is 38.8. The standard InChI is InChI=1S/C58H61BN2/c1-34-27-48-51-49(28-34)61-52-40(50-53(61)38-21-17-18-22-41(38)58(50,12)13)30-37(55(5,6)7)31-45(52)59(51)44-32-42-43(57(10,11)26-25-56(42,8)9)33-47(44)60(48)46-24-23-36(54(2,3)4)29-39(46)35-19-15-14-16-20-35/h14-24,27-33H,25-26H2,1-13H3. The van der Waals surface area contributed by atoms with Crippen LogP contribution in [0.3, 0.4) is 0 Å². The Balaban J connectivity index is 1.33. The summed E-state index contributed by atoms with van der Waals surface area (Å²) >= 11 is 0. The molecule has 0 bridgehead atoms. The van der Waals surface area contributed by atoms with Crippen LogP contribution in [0.25, 0.3) is 39.0 Å². The number of nitrogens with zero attached hydrogens (tertiary/aromatic N) is 2. The van der Waals surface area contributed by atoms with Crippen LogP contribution in [0, 0.1) is 6.92 Å². The summed E-state index contributed by atoms with van der Waals surface area (Å²) in [6.45, 7) is 31.4. The van der Waals surface area contributed by atoms with Crippen molar-refractivity contribution in [2.45, 2.75) is 130 Å². The number of fused-ring (bicyclic) bond motifs is 10. The first-order valence-electron chi connectivity index (χ1n) is 22.9. The normalized spacial score (nSPS) is 17.5. The molecule has 2 aliphatic carbocycles. The molecule has 2 aliphatic heterocycles. The first-order valence-corrected chi connectivity index (χ1v) is 22.9. The molecule has 0 atom stereocenters. The molecule has 2 nitrogen and oxygen atoms in total. The van der Waals surface area contributed by atoms with Gasteiger partial charge in [-0.15, -0.1) is 0 Å². The first-order chi connectivity index (χ1) is 28.7. The van der Waals surface area contributed by atoms with Gasteiger partial charge in [0, 0.05) is 44.5 Å². The lowest BCUT2D eigenvalue weighted by atomic mass is 9.33. The van der Waals surface area contributed by atoms with Gasteiger partial charge in [0.2, 0.25) is 0 Å². The number of anilines is 3. The highest BCUT2D eigenvalue weighted by Crippen LogP contribution is 2.56. The van der Waals surface area contributed by atoms with E-state index in [0.717, 1.165) is 0 Å². The fourth-order valence-electron chi connectivity index (χ4n) is 12.0. The Labute approximate surface area is 365 Å². The molecule has 3 heteroatoms. The lowest BCUT2D eigenvalue weighted by molar-refractivity contribution is 0.332. The Morgan fingerprint density at radius 2 is 1.18 bits per heavy atom. The smallest absolute Gasteiger partial charge is 0.252 e. The molecule has 11 rings (SSSR count). The summed E-state index contributed by atoms with van der Waals surface area (Å²) in [5.41, 5.74) is 26.1. The van der Waals surface area contributed by atoms with Crippen LogP contribution in [0.2, 0.25) is 0 Å². The Bertz CT molecular complexity index is 3030. The molecule has 1 aromatic heterocycles. The Morgan fingerprint density at radius 1 is 0.541 bits per heavy atom. The minimum atomic E-state index is -0.145. The second-order valence-electron chi connectivity index (χ2n) is 23.0. The summed E-state index contributed by atoms with van der Waals surface area (Å²) in [6, 6.07) is 43.2. The van der Waals surface area contributed by atoms with E-state index >= 15 is 0 Å². The van der Waals surface area contributed by atoms with Crippen LogP contribution >= 0.6 is 0 Å². The third-order valence-electron chi connectivity index (χ3n) is 15.5. The third-order valence-corrected chi connectivity index (χ3v) is 15.5. The highest BCUT2D eigenvalue weighted by molar-refractivity contribution is 7.00. The molecule has 0 radical (unpaired) electrons. The van der Waals surface area contributed by atoms with E-state index in [1.807, 2.05) is 0 Å². The largest absolute Gasteiger partial charge is 0.311 e. The number of rotatable bonds is 2. The van der Waals surface area contributed by atoms with Gasteiger partial charge in [-0.25, -0.2) is 0 Å². The van der Waals surface area contributed by atoms with Crippen molar-refractivity contribution < 1.29 is 0 Å². The van der Waals surface area contributed by atoms with Gasteiger partial charge in [0.05, 0.1) is 11.4 Å². The van der Waals surface area contributed by atoms with Crippen LogP contribution < -0.4 is 21.3 Å². The second-order valence-corrected chi connectivity index (χ2v) is 23.0. The highest BCUT2D eigenvalue weighted by Gasteiger charge is 2.49. The number of hydrogen-bond donors (Lipinski definition) is 0. The summed E-state index contributed by atoms with van der Waals surface area (Å²) in [5.74, 6) is 0. The summed E-state index contributed by atoms with van der Waals surface area (Å²) in [6.07, 6.45) is 2.36. The maximum Gasteiger partial charge on any atom is 0.252 e. The van der Waals surface area contributed by atoms with Gasteiger partial charge in [-0.1, -0.05) is 156 Å². The molecule has 0 saturated carbocycles. The fraction of sp³-hybridized carbons (Fsp3) is 0.345. The van der Waals surface area contributed by atoms with E-state index in [9.17, 15) is 0 Å². The molecule has 0 unspecified atom stereocenters. The van der Waals surface area contributed by atoms with E-state index in [4.69, 9.17) is 0 Å². The molecule has 0 fully saturated rings. The van der Waals surface area contributed by atoms with Crippen molar-refractivity contribution in [1.82, 2.24) is 4.57 Å². The second kappa shape index (κ2) is 12.2. The van der Waals surface area contributed by atoms with Crippen LogP contribution in [-0.4, -0.2) is 11.3 Å². The monoisotopic (exact) mass is 796 g/mol. The van der Waals surface area contributed by atoms with E-state index in [2.05, 4.69) is 209 Å². The number of hydrogen-bond acceptors (Lipinski definition) is 1. The van der Waals surface area contributed by atoms with Crippen LogP contribution in [0.1, 0.15) is 135 Å². The number of benzene rings is 6. The van der Waals surface area contributed by atoms with Gasteiger partial charge >= 0.3 is 0 Å². The molecule has 3 heterocycles. The van der Waals surface area contributed by atoms with Crippen molar-refractivity contribution in [1.29, 1.82) is 0 Å². The Hall–Kier alpha value is -5.28. The van der Waals surface area contributed by atoms with Crippen LogP contribution in [0.15, 0.2) is 109 Å². The molecular weight excluding hydrogens is 735 g/mol. The molecule has 0 N–H and O–H groups in total. The maximum atomic E-state index is 2.72. The Morgan fingerprint density at radius 3 is 1.87 bits per heavy atom. The minimum Gasteiger partial charge on any atom is -0.311 e. The van der Waals surface area contributed by atoms with Gasteiger partial charge < -0.3 is 9.47 Å². The molecule has 0 spiro atoms. The van der Waals surface area contributed by atoms with E-state index in [-0.39, 0.29) is 33.8 Å². The predicted molar refractivity (Wildman–Crippen MR) is 263 cm³/mol. The van der Waals surface area contributed by atoms with Gasteiger partial charge in [0.15, 0.2) is 0 Å². The van der Waals surface area contributed by atoms with Gasteiger partial charge in [-0.05, 0) is 139 Å². The predicted octanol–water partition coefficient (Wildman–Crippen LogP) is 13.5. The molecule has 6 aromatic carbocycles. The Kier molecular flexibility index (Phi) is 7.73. The van der Waals surface area contributed by atoms with Crippen molar-refractivity contribution in [2.75, 3.05) is 4.90 Å². The summed E-state index contributed by atoms with van der Waals surface area (Å²) in [4.78, 5) is 2.70. The molecule has 306 valence electrons. The average molecular weight is 797 g/mol. The summed E-state index contributed by atoms with van der Waals surface area (Å²) in [5, 5.41) is 1.42. The van der Waals surface area contributed by atoms with E-state index in [1.165, 1.54) is 124 Å². The summed E-state index contributed by atoms with van der Waals surface area (Å²) < 4.78 is 2.72. The van der Waals surface area contributed by atoms with Crippen molar-refractivity contribution in [3.63, 3.8) is 0 Å². The van der Waals surface area contributed by atoms with E-state index in [0.29, 0.717) is 0 Å². The molecule has 4 aliphatic rings. The van der Waals surface area contributed by atoms with Crippen molar-refractivity contribution in [3.8, 4) is 28.1 Å². The quantitative estimate of drug-likeness (QED) is 0.158. The van der Waals surface area contributed by atoms with Crippen molar-refractivity contribution >= 4 is 51.1 Å². The molecule has 0 amide bonds. The average Bonchev–Trinajstić information content (AvgIpc) is 3.67. The van der Waals surface area contributed by atoms with Gasteiger partial charge in [0.1, 0.15) is 0 Å². The zero-order chi connectivity index (χ0) is 42.9. The van der Waals surface area contributed by atoms with Crippen LogP contribution in [0.4, 0.5) is 17.1 Å². The SMILES string of the molecule is Cc1cc2c3c(c1)-n1c4c(c5cc(C(C)(C)C)cc(c51)B3c1cc3c(cc1N2c1ccc(C(C)(C)C)cc1-c1ccccc1)C(C)(C)CCC3(C)C)C(C)(C)c1ccccc1-4. The third kappa shape index (κ3) is 5.28. The first kappa shape index (κ1) is 38.6. The van der Waals surface area contributed by atoms with Crippen LogP contribution in [-0.2, 0) is 27.1 Å². The zero-order valence-corrected chi connectivity index (χ0v) is 38.8. The number of aromatic nitrogens is 1. The fourth-order valence-corrected chi connectivity index (χ4v) is 12.0. The van der Waals surface area contributed by atoms with E-state index in [1.54, 1.807) is 0 Å². The molecule has 61 heavy (non-hydrogen) atoms. The summed E-state index contributed by atoms with van der Waals surface area (Å²) in [7, 11) is 0. The molecule has 0 saturated heterocycles. The topological polar surface area (TPSA) is 8.17 Å². The number of aryl methyl sites for hydroxylation is 1. The molecular formula is C58H61BN2. The van der Waals surface area contributed by atoms with Gasteiger partial charge in [-0.3, -0.25) is 0 Å². The van der Waals surface area contributed by atoms with Gasteiger partial charge in [0.25, 0.3) is 6.71 Å². The van der Waals surface area contributed by atoms with Crippen molar-refractivity contribution in [3.05, 3.63) is 148 Å². The highest BCUT2D eigenvalue weighted by atomic mass is 15.2. The lowest BCUT2D eigenvalue weighted by Crippen LogP contribution is -2.61. The van der Waals surface area contributed by atoms with E-state index < -0.39 is 0 Å². The van der Waals surface area contributed by atoms with Gasteiger partial charge in [-0.2, -0.15) is 0 Å².